The number of ether oxygens (including phenoxy) is 3. The van der Waals surface area contributed by atoms with Gasteiger partial charge >= 0.3 is 11.4 Å². The van der Waals surface area contributed by atoms with Gasteiger partial charge in [-0.25, -0.2) is 0 Å². The molecule has 0 saturated carbocycles. The Labute approximate surface area is 200 Å². The SMILES string of the molecule is Cl.Cl.N=C(N)c1ccc(OCCOCCOc2ccc(C(=N)N)cc2[N+](=O)[O-])c([N+](=O)[O-])c1. The Morgan fingerprint density at radius 2 is 1.12 bits per heavy atom. The molecule has 0 heterocycles. The molecule has 13 nitrogen and oxygen atoms in total. The van der Waals surface area contributed by atoms with Crippen molar-refractivity contribution in [1.82, 2.24) is 0 Å². The molecule has 0 fully saturated rings. The second-order valence-electron chi connectivity index (χ2n) is 6.02. The molecular weight excluding hydrogens is 483 g/mol. The zero-order valence-electron chi connectivity index (χ0n) is 17.0. The summed E-state index contributed by atoms with van der Waals surface area (Å²) in [5.41, 5.74) is 10.4. The van der Waals surface area contributed by atoms with Gasteiger partial charge in [0.1, 0.15) is 24.9 Å². The van der Waals surface area contributed by atoms with Crippen LogP contribution in [0.2, 0.25) is 0 Å². The first-order valence-corrected chi connectivity index (χ1v) is 8.79. The second-order valence-corrected chi connectivity index (χ2v) is 6.02. The zero-order valence-corrected chi connectivity index (χ0v) is 18.6. The number of hydrogen-bond donors (Lipinski definition) is 4. The number of hydrogen-bond acceptors (Lipinski definition) is 9. The first-order chi connectivity index (χ1) is 14.7. The van der Waals surface area contributed by atoms with Crippen molar-refractivity contribution in [3.63, 3.8) is 0 Å². The van der Waals surface area contributed by atoms with E-state index in [1.807, 2.05) is 0 Å². The van der Waals surface area contributed by atoms with E-state index < -0.39 is 9.85 Å². The fourth-order valence-electron chi connectivity index (χ4n) is 2.42. The number of halogens is 2. The summed E-state index contributed by atoms with van der Waals surface area (Å²) in [5.74, 6) is -0.574. The van der Waals surface area contributed by atoms with E-state index >= 15 is 0 Å². The predicted molar refractivity (Wildman–Crippen MR) is 125 cm³/mol. The van der Waals surface area contributed by atoms with Crippen LogP contribution in [0.25, 0.3) is 0 Å². The van der Waals surface area contributed by atoms with Crippen molar-refractivity contribution in [3.8, 4) is 11.5 Å². The average molecular weight is 505 g/mol. The van der Waals surface area contributed by atoms with E-state index in [-0.39, 0.29) is 96.9 Å². The molecule has 0 saturated heterocycles. The highest BCUT2D eigenvalue weighted by Crippen LogP contribution is 2.28. The van der Waals surface area contributed by atoms with Gasteiger partial charge in [-0.3, -0.25) is 31.0 Å². The van der Waals surface area contributed by atoms with E-state index in [0.717, 1.165) is 12.1 Å². The van der Waals surface area contributed by atoms with Crippen LogP contribution in [-0.4, -0.2) is 47.9 Å². The van der Waals surface area contributed by atoms with Crippen LogP contribution in [-0.2, 0) is 4.74 Å². The molecule has 0 bridgehead atoms. The second kappa shape index (κ2) is 13.7. The number of nitrogens with zero attached hydrogens (tertiary/aromatic N) is 2. The summed E-state index contributed by atoms with van der Waals surface area (Å²) in [6.45, 7) is 0.183. The Kier molecular flexibility index (Phi) is 12.1. The first kappa shape index (κ1) is 29.3. The molecule has 0 atom stereocenters. The number of nitrogen functional groups attached to an aromatic ring is 2. The molecule has 0 aliphatic heterocycles. The van der Waals surface area contributed by atoms with Crippen molar-refractivity contribution in [2.24, 2.45) is 11.5 Å². The molecule has 15 heteroatoms. The molecule has 0 aliphatic carbocycles. The summed E-state index contributed by atoms with van der Waals surface area (Å²) in [5, 5.41) is 36.9. The zero-order chi connectivity index (χ0) is 23.0. The number of nitro benzene ring substituents is 2. The van der Waals surface area contributed by atoms with Crippen LogP contribution < -0.4 is 20.9 Å². The highest BCUT2D eigenvalue weighted by Gasteiger charge is 2.18. The summed E-state index contributed by atoms with van der Waals surface area (Å²) in [4.78, 5) is 21.0. The van der Waals surface area contributed by atoms with Gasteiger partial charge in [-0.1, -0.05) is 0 Å². The van der Waals surface area contributed by atoms with Crippen molar-refractivity contribution in [2.45, 2.75) is 0 Å². The molecule has 33 heavy (non-hydrogen) atoms. The predicted octanol–water partition coefficient (Wildman–Crippen LogP) is 2.39. The molecular formula is C18H22Cl2N6O7. The van der Waals surface area contributed by atoms with Gasteiger partial charge < -0.3 is 25.7 Å². The van der Waals surface area contributed by atoms with Gasteiger partial charge in [0.25, 0.3) is 0 Å². The largest absolute Gasteiger partial charge is 0.484 e. The van der Waals surface area contributed by atoms with Crippen LogP contribution in [0.15, 0.2) is 36.4 Å². The number of nitrogens with one attached hydrogen (secondary N) is 2. The lowest BCUT2D eigenvalue weighted by Gasteiger charge is -2.10. The lowest BCUT2D eigenvalue weighted by molar-refractivity contribution is -0.386. The molecule has 180 valence electrons. The minimum Gasteiger partial charge on any atom is -0.484 e. The van der Waals surface area contributed by atoms with Gasteiger partial charge in [-0.15, -0.1) is 24.8 Å². The monoisotopic (exact) mass is 504 g/mol. The van der Waals surface area contributed by atoms with Crippen molar-refractivity contribution in [1.29, 1.82) is 10.8 Å². The highest BCUT2D eigenvalue weighted by molar-refractivity contribution is 5.96. The molecule has 6 N–H and O–H groups in total. The molecule has 0 radical (unpaired) electrons. The van der Waals surface area contributed by atoms with Crippen LogP contribution in [0.3, 0.4) is 0 Å². The highest BCUT2D eigenvalue weighted by atomic mass is 35.5. The fourth-order valence-corrected chi connectivity index (χ4v) is 2.42. The molecule has 0 aromatic heterocycles. The van der Waals surface area contributed by atoms with Crippen LogP contribution in [0, 0.1) is 31.0 Å². The molecule has 2 aromatic rings. The Balaban J connectivity index is 0.00000512. The standard InChI is InChI=1S/C18H20N6O7.2ClH/c19-17(20)11-1-3-15(13(9-11)23(25)26)30-7-5-29-6-8-31-16-4-2-12(18(21)22)10-14(16)24(27)28;;/h1-4,9-10H,5-8H2,(H3,19,20)(H3,21,22);2*1H. The molecule has 2 aromatic carbocycles. The summed E-state index contributed by atoms with van der Waals surface area (Å²) in [6.07, 6.45) is 0. The third-order valence-corrected chi connectivity index (χ3v) is 3.90. The maximum Gasteiger partial charge on any atom is 0.311 e. The molecule has 0 spiro atoms. The lowest BCUT2D eigenvalue weighted by Crippen LogP contribution is -2.14. The topological polar surface area (TPSA) is 214 Å². The van der Waals surface area contributed by atoms with Gasteiger partial charge in [0.2, 0.25) is 0 Å². The van der Waals surface area contributed by atoms with Crippen molar-refractivity contribution >= 4 is 47.9 Å². The Hall–Kier alpha value is -3.68. The van der Waals surface area contributed by atoms with Gasteiger partial charge in [-0.2, -0.15) is 0 Å². The first-order valence-electron chi connectivity index (χ1n) is 8.79. The summed E-state index contributed by atoms with van der Waals surface area (Å²) >= 11 is 0. The molecule has 0 aliphatic rings. The minimum atomic E-state index is -0.638. The summed E-state index contributed by atoms with van der Waals surface area (Å²) < 4.78 is 16.0. The Morgan fingerprint density at radius 3 is 1.42 bits per heavy atom. The van der Waals surface area contributed by atoms with E-state index in [2.05, 4.69) is 0 Å². The quantitative estimate of drug-likeness (QED) is 0.109. The van der Waals surface area contributed by atoms with E-state index in [1.165, 1.54) is 24.3 Å². The average Bonchev–Trinajstić information content (AvgIpc) is 2.72. The van der Waals surface area contributed by atoms with Crippen LogP contribution >= 0.6 is 24.8 Å². The minimum absolute atomic E-state index is 0. The number of benzene rings is 2. The van der Waals surface area contributed by atoms with Crippen LogP contribution in [0.1, 0.15) is 11.1 Å². The normalized spacial score (nSPS) is 9.70. The number of rotatable bonds is 12. The van der Waals surface area contributed by atoms with Crippen LogP contribution in [0.5, 0.6) is 11.5 Å². The van der Waals surface area contributed by atoms with Gasteiger partial charge in [0.05, 0.1) is 23.1 Å². The molecule has 0 amide bonds. The summed E-state index contributed by atoms with van der Waals surface area (Å²) in [6, 6.07) is 7.87. The van der Waals surface area contributed by atoms with Gasteiger partial charge in [-0.05, 0) is 24.3 Å². The van der Waals surface area contributed by atoms with E-state index in [9.17, 15) is 20.2 Å². The smallest absolute Gasteiger partial charge is 0.311 e. The van der Waals surface area contributed by atoms with Gasteiger partial charge in [0, 0.05) is 23.3 Å². The maximum absolute atomic E-state index is 11.1. The number of nitro groups is 2. The number of nitrogens with two attached hydrogens (primary N) is 2. The van der Waals surface area contributed by atoms with Crippen molar-refractivity contribution in [3.05, 3.63) is 67.8 Å². The van der Waals surface area contributed by atoms with Crippen molar-refractivity contribution < 1.29 is 24.1 Å². The lowest BCUT2D eigenvalue weighted by atomic mass is 10.2. The summed E-state index contributed by atoms with van der Waals surface area (Å²) in [7, 11) is 0. The third kappa shape index (κ3) is 8.40. The Bertz CT molecular complexity index is 942. The number of amidine groups is 2. The van der Waals surface area contributed by atoms with Crippen LogP contribution in [0.4, 0.5) is 11.4 Å². The van der Waals surface area contributed by atoms with Gasteiger partial charge in [0.15, 0.2) is 11.5 Å². The molecule has 2 rings (SSSR count). The molecule has 0 unspecified atom stereocenters. The fraction of sp³-hybridized carbons (Fsp3) is 0.222. The van der Waals surface area contributed by atoms with E-state index in [1.54, 1.807) is 0 Å². The third-order valence-electron chi connectivity index (χ3n) is 3.90. The van der Waals surface area contributed by atoms with Crippen molar-refractivity contribution in [2.75, 3.05) is 26.4 Å². The Morgan fingerprint density at radius 1 is 0.758 bits per heavy atom. The van der Waals surface area contributed by atoms with E-state index in [4.69, 9.17) is 36.5 Å². The van der Waals surface area contributed by atoms with E-state index in [0.29, 0.717) is 0 Å². The maximum atomic E-state index is 11.1.